The maximum atomic E-state index is 13.1. The van der Waals surface area contributed by atoms with Gasteiger partial charge >= 0.3 is 6.18 Å². The first-order chi connectivity index (χ1) is 14.5. The normalized spacial score (nSPS) is 25.2. The highest BCUT2D eigenvalue weighted by Gasteiger charge is 2.60. The van der Waals surface area contributed by atoms with Crippen molar-refractivity contribution in [2.24, 2.45) is 11.8 Å². The zero-order valence-corrected chi connectivity index (χ0v) is 17.7. The van der Waals surface area contributed by atoms with Crippen molar-refractivity contribution >= 4 is 5.91 Å². The van der Waals surface area contributed by atoms with E-state index in [9.17, 15) is 23.1 Å². The predicted molar refractivity (Wildman–Crippen MR) is 106 cm³/mol. The van der Waals surface area contributed by atoms with E-state index in [1.165, 1.54) is 0 Å². The Balaban J connectivity index is 1.49. The van der Waals surface area contributed by atoms with Crippen LogP contribution in [0.25, 0.3) is 11.5 Å². The van der Waals surface area contributed by atoms with Gasteiger partial charge in [-0.15, -0.1) is 10.2 Å². The maximum absolute atomic E-state index is 13.1. The molecule has 1 aromatic heterocycles. The van der Waals surface area contributed by atoms with Gasteiger partial charge in [0.05, 0.1) is 5.41 Å². The van der Waals surface area contributed by atoms with Crippen LogP contribution in [0.1, 0.15) is 44.6 Å². The van der Waals surface area contributed by atoms with E-state index in [1.54, 1.807) is 0 Å². The SMILES string of the molecule is Cc1ccc(-c2nnc(C3([C@@H]4CCN(C(=O)[C@@](C)(O)C(F)(F)F)C[C@@H]4C)CC3)o2)cc1. The summed E-state index contributed by atoms with van der Waals surface area (Å²) in [4.78, 5) is 13.5. The Kier molecular flexibility index (Phi) is 5.15. The number of aryl methyl sites for hydroxylation is 1. The average molecular weight is 437 g/mol. The third-order valence-electron chi connectivity index (χ3n) is 6.81. The molecule has 1 aromatic carbocycles. The topological polar surface area (TPSA) is 79.5 Å². The van der Waals surface area contributed by atoms with Crippen LogP contribution in [0.4, 0.5) is 13.2 Å². The number of carbonyl (C=O) groups excluding carboxylic acids is 1. The Morgan fingerprint density at radius 2 is 1.87 bits per heavy atom. The fourth-order valence-electron chi connectivity index (χ4n) is 4.70. The maximum Gasteiger partial charge on any atom is 0.426 e. The number of piperidine rings is 1. The van der Waals surface area contributed by atoms with Crippen molar-refractivity contribution in [2.75, 3.05) is 13.1 Å². The third kappa shape index (κ3) is 3.73. The molecule has 1 N–H and O–H groups in total. The van der Waals surface area contributed by atoms with Gasteiger partial charge in [0, 0.05) is 18.7 Å². The zero-order chi connectivity index (χ0) is 22.6. The van der Waals surface area contributed by atoms with Gasteiger partial charge in [0.25, 0.3) is 5.91 Å². The molecule has 2 heterocycles. The molecule has 0 spiro atoms. The first-order valence-corrected chi connectivity index (χ1v) is 10.5. The Morgan fingerprint density at radius 1 is 1.23 bits per heavy atom. The number of nitrogens with zero attached hydrogens (tertiary/aromatic N) is 3. The van der Waals surface area contributed by atoms with E-state index < -0.39 is 17.7 Å². The van der Waals surface area contributed by atoms with Crippen LogP contribution in [0.15, 0.2) is 28.7 Å². The quantitative estimate of drug-likeness (QED) is 0.786. The summed E-state index contributed by atoms with van der Waals surface area (Å²) in [6.45, 7) is 4.73. The first kappa shape index (κ1) is 21.8. The molecule has 2 fully saturated rings. The minimum atomic E-state index is -5.02. The summed E-state index contributed by atoms with van der Waals surface area (Å²) in [5.41, 5.74) is -1.71. The summed E-state index contributed by atoms with van der Waals surface area (Å²) in [7, 11) is 0. The lowest BCUT2D eigenvalue weighted by atomic mass is 9.74. The molecule has 168 valence electrons. The van der Waals surface area contributed by atoms with E-state index in [-0.39, 0.29) is 30.3 Å². The molecule has 3 atom stereocenters. The Hall–Kier alpha value is -2.42. The molecule has 1 amide bonds. The molecule has 9 heteroatoms. The molecule has 0 unspecified atom stereocenters. The molecule has 1 aliphatic heterocycles. The van der Waals surface area contributed by atoms with Gasteiger partial charge in [0.2, 0.25) is 17.4 Å². The highest BCUT2D eigenvalue weighted by molar-refractivity contribution is 5.85. The zero-order valence-electron chi connectivity index (χ0n) is 17.7. The van der Waals surface area contributed by atoms with Gasteiger partial charge in [0.1, 0.15) is 0 Å². The molecule has 2 aromatic rings. The molecule has 0 radical (unpaired) electrons. The van der Waals surface area contributed by atoms with Gasteiger partial charge in [0.15, 0.2) is 0 Å². The molecule has 1 saturated heterocycles. The van der Waals surface area contributed by atoms with Gasteiger partial charge in [-0.25, -0.2) is 0 Å². The number of likely N-dealkylation sites (tertiary alicyclic amines) is 1. The van der Waals surface area contributed by atoms with Gasteiger partial charge in [-0.05, 0) is 57.1 Å². The summed E-state index contributed by atoms with van der Waals surface area (Å²) >= 11 is 0. The van der Waals surface area contributed by atoms with Gasteiger partial charge in [-0.2, -0.15) is 13.2 Å². The first-order valence-electron chi connectivity index (χ1n) is 10.5. The Morgan fingerprint density at radius 3 is 2.42 bits per heavy atom. The predicted octanol–water partition coefficient (Wildman–Crippen LogP) is 3.87. The second kappa shape index (κ2) is 7.32. The lowest BCUT2D eigenvalue weighted by Crippen LogP contribution is -2.58. The van der Waals surface area contributed by atoms with Gasteiger partial charge in [-0.1, -0.05) is 24.6 Å². The van der Waals surface area contributed by atoms with E-state index in [4.69, 9.17) is 4.42 Å². The second-order valence-corrected chi connectivity index (χ2v) is 9.13. The molecule has 2 aliphatic rings. The summed E-state index contributed by atoms with van der Waals surface area (Å²) in [6.07, 6.45) is -2.77. The van der Waals surface area contributed by atoms with Crippen molar-refractivity contribution in [3.63, 3.8) is 0 Å². The monoisotopic (exact) mass is 437 g/mol. The minimum Gasteiger partial charge on any atom is -0.420 e. The van der Waals surface area contributed by atoms with Crippen LogP contribution in [-0.2, 0) is 10.2 Å². The van der Waals surface area contributed by atoms with Crippen LogP contribution < -0.4 is 0 Å². The lowest BCUT2D eigenvalue weighted by molar-refractivity contribution is -0.251. The van der Waals surface area contributed by atoms with Crippen molar-refractivity contribution in [1.82, 2.24) is 15.1 Å². The fourth-order valence-corrected chi connectivity index (χ4v) is 4.70. The fraction of sp³-hybridized carbons (Fsp3) is 0.591. The number of alkyl halides is 3. The number of aromatic nitrogens is 2. The Labute approximate surface area is 178 Å². The summed E-state index contributed by atoms with van der Waals surface area (Å²) < 4.78 is 45.2. The van der Waals surface area contributed by atoms with Crippen LogP contribution in [0.3, 0.4) is 0 Å². The lowest BCUT2D eigenvalue weighted by Gasteiger charge is -2.42. The number of rotatable bonds is 4. The van der Waals surface area contributed by atoms with Crippen molar-refractivity contribution in [3.05, 3.63) is 35.7 Å². The van der Waals surface area contributed by atoms with Crippen molar-refractivity contribution in [1.29, 1.82) is 0 Å². The highest BCUT2D eigenvalue weighted by atomic mass is 19.4. The molecule has 1 aliphatic carbocycles. The van der Waals surface area contributed by atoms with E-state index in [0.717, 1.165) is 28.9 Å². The van der Waals surface area contributed by atoms with Crippen LogP contribution in [0.5, 0.6) is 0 Å². The summed E-state index contributed by atoms with van der Waals surface area (Å²) in [5.74, 6) is -0.253. The number of hydrogen-bond acceptors (Lipinski definition) is 5. The molecular weight excluding hydrogens is 411 g/mol. The number of hydrogen-bond donors (Lipinski definition) is 1. The van der Waals surface area contributed by atoms with Gasteiger partial charge < -0.3 is 14.4 Å². The molecule has 1 saturated carbocycles. The minimum absolute atomic E-state index is 0.0704. The molecule has 31 heavy (non-hydrogen) atoms. The van der Waals surface area contributed by atoms with E-state index >= 15 is 0 Å². The number of carbonyl (C=O) groups is 1. The molecule has 4 rings (SSSR count). The van der Waals surface area contributed by atoms with Crippen LogP contribution >= 0.6 is 0 Å². The molecule has 0 bridgehead atoms. The number of amides is 1. The van der Waals surface area contributed by atoms with Crippen LogP contribution in [0.2, 0.25) is 0 Å². The molecular formula is C22H26F3N3O3. The van der Waals surface area contributed by atoms with Crippen LogP contribution in [0, 0.1) is 18.8 Å². The van der Waals surface area contributed by atoms with Crippen LogP contribution in [-0.4, -0.2) is 51.0 Å². The number of aliphatic hydroxyl groups is 1. The largest absolute Gasteiger partial charge is 0.426 e. The average Bonchev–Trinajstić information content (AvgIpc) is 3.35. The Bertz CT molecular complexity index is 964. The number of benzene rings is 1. The smallest absolute Gasteiger partial charge is 0.420 e. The van der Waals surface area contributed by atoms with Crippen molar-refractivity contribution in [3.8, 4) is 11.5 Å². The third-order valence-corrected chi connectivity index (χ3v) is 6.81. The summed E-state index contributed by atoms with van der Waals surface area (Å²) in [5, 5.41) is 18.3. The van der Waals surface area contributed by atoms with Crippen molar-refractivity contribution < 1.29 is 27.5 Å². The van der Waals surface area contributed by atoms with E-state index in [1.807, 2.05) is 38.1 Å². The van der Waals surface area contributed by atoms with E-state index in [2.05, 4.69) is 10.2 Å². The second-order valence-electron chi connectivity index (χ2n) is 9.13. The molecule has 6 nitrogen and oxygen atoms in total. The van der Waals surface area contributed by atoms with Gasteiger partial charge in [-0.3, -0.25) is 4.79 Å². The highest BCUT2D eigenvalue weighted by Crippen LogP contribution is 2.58. The van der Waals surface area contributed by atoms with Crippen molar-refractivity contribution in [2.45, 2.75) is 57.2 Å². The standard InChI is InChI=1S/C22H26F3N3O3/c1-13-4-6-15(7-5-13)17-26-27-18(31-17)21(9-10-21)16-8-11-28(12-14(16)2)19(29)20(3,30)22(23,24)25/h4-7,14,16,30H,8-12H2,1-3H3/t14-,16+,20+/m0/s1. The summed E-state index contributed by atoms with van der Waals surface area (Å²) in [6, 6.07) is 7.78. The van der Waals surface area contributed by atoms with E-state index in [0.29, 0.717) is 25.1 Å². The number of halogens is 3.